The molecule has 22 heavy (non-hydrogen) atoms. The Balaban J connectivity index is 1.40. The first kappa shape index (κ1) is 14.7. The molecule has 3 aliphatic heterocycles. The quantitative estimate of drug-likeness (QED) is 0.854. The van der Waals surface area contributed by atoms with Crippen molar-refractivity contribution in [2.24, 2.45) is 5.92 Å². The Labute approximate surface area is 136 Å². The molecule has 0 bridgehead atoms. The van der Waals surface area contributed by atoms with Crippen molar-refractivity contribution in [1.82, 2.24) is 9.80 Å². The third kappa shape index (κ3) is 2.82. The summed E-state index contributed by atoms with van der Waals surface area (Å²) in [6.07, 6.45) is 4.09. The molecule has 4 rings (SSSR count). The van der Waals surface area contributed by atoms with Gasteiger partial charge in [-0.15, -0.1) is 11.3 Å². The smallest absolute Gasteiger partial charge is 0.224 e. The molecule has 0 unspecified atom stereocenters. The van der Waals surface area contributed by atoms with E-state index >= 15 is 0 Å². The van der Waals surface area contributed by atoms with Crippen LogP contribution >= 0.6 is 11.3 Å². The zero-order valence-corrected chi connectivity index (χ0v) is 13.8. The Hall–Kier alpha value is -0.910. The third-order valence-corrected chi connectivity index (χ3v) is 6.33. The Bertz CT molecular complexity index is 513. The van der Waals surface area contributed by atoms with Gasteiger partial charge >= 0.3 is 0 Å². The largest absolute Gasteiger partial charge is 0.381 e. The standard InChI is InChI=1S/C17H24N2O2S/c20-17-10-16-15(19(17)11-13-4-7-21-8-5-13)3-6-18(16)12-14-2-1-9-22-14/h1-2,9,13,15-16H,3-8,10-12H2/t15-,16+/m0/s1. The zero-order valence-electron chi connectivity index (χ0n) is 12.9. The molecule has 0 spiro atoms. The second-order valence-electron chi connectivity index (χ2n) is 6.78. The normalized spacial score (nSPS) is 30.2. The highest BCUT2D eigenvalue weighted by Crippen LogP contribution is 2.35. The van der Waals surface area contributed by atoms with Crippen LogP contribution in [-0.4, -0.2) is 54.1 Å². The molecule has 4 heterocycles. The highest BCUT2D eigenvalue weighted by molar-refractivity contribution is 7.09. The summed E-state index contributed by atoms with van der Waals surface area (Å²) in [4.78, 5) is 18.6. The van der Waals surface area contributed by atoms with E-state index in [1.54, 1.807) is 0 Å². The second kappa shape index (κ2) is 6.30. The fraction of sp³-hybridized carbons (Fsp3) is 0.706. The molecule has 120 valence electrons. The van der Waals surface area contributed by atoms with Gasteiger partial charge in [0.05, 0.1) is 0 Å². The topological polar surface area (TPSA) is 32.8 Å². The van der Waals surface area contributed by atoms with Gasteiger partial charge in [-0.05, 0) is 36.6 Å². The van der Waals surface area contributed by atoms with Crippen LogP contribution in [0, 0.1) is 5.92 Å². The number of thiophene rings is 1. The number of carbonyl (C=O) groups excluding carboxylic acids is 1. The van der Waals surface area contributed by atoms with Gasteiger partial charge in [0.15, 0.2) is 0 Å². The first-order chi connectivity index (χ1) is 10.8. The van der Waals surface area contributed by atoms with Crippen molar-refractivity contribution in [2.75, 3.05) is 26.3 Å². The number of amides is 1. The van der Waals surface area contributed by atoms with Crippen molar-refractivity contribution in [1.29, 1.82) is 0 Å². The van der Waals surface area contributed by atoms with Crippen molar-refractivity contribution in [2.45, 2.75) is 44.3 Å². The van der Waals surface area contributed by atoms with E-state index in [4.69, 9.17) is 4.74 Å². The molecule has 5 heteroatoms. The van der Waals surface area contributed by atoms with Gasteiger partial charge in [-0.3, -0.25) is 9.69 Å². The Morgan fingerprint density at radius 1 is 1.23 bits per heavy atom. The predicted octanol–water partition coefficient (Wildman–Crippen LogP) is 2.35. The molecule has 2 atom stereocenters. The van der Waals surface area contributed by atoms with Gasteiger partial charge in [0.1, 0.15) is 0 Å². The van der Waals surface area contributed by atoms with Crippen LogP contribution in [0.2, 0.25) is 0 Å². The van der Waals surface area contributed by atoms with Crippen molar-refractivity contribution >= 4 is 17.2 Å². The van der Waals surface area contributed by atoms with E-state index in [1.807, 2.05) is 11.3 Å². The van der Waals surface area contributed by atoms with Gasteiger partial charge in [0, 0.05) is 56.2 Å². The summed E-state index contributed by atoms with van der Waals surface area (Å²) in [5.41, 5.74) is 0. The summed E-state index contributed by atoms with van der Waals surface area (Å²) < 4.78 is 5.44. The molecule has 0 aliphatic carbocycles. The average Bonchev–Trinajstić information content (AvgIpc) is 3.23. The van der Waals surface area contributed by atoms with Crippen LogP contribution in [0.5, 0.6) is 0 Å². The molecule has 0 radical (unpaired) electrons. The SMILES string of the molecule is O=C1C[C@@H]2[C@H](CCN2Cc2cccs2)N1CC1CCOCC1. The average molecular weight is 320 g/mol. The minimum absolute atomic E-state index is 0.373. The summed E-state index contributed by atoms with van der Waals surface area (Å²) >= 11 is 1.82. The number of fused-ring (bicyclic) bond motifs is 1. The van der Waals surface area contributed by atoms with E-state index in [0.29, 0.717) is 23.9 Å². The fourth-order valence-electron chi connectivity index (χ4n) is 4.25. The van der Waals surface area contributed by atoms with Gasteiger partial charge in [-0.2, -0.15) is 0 Å². The molecule has 3 aliphatic rings. The summed E-state index contributed by atoms with van der Waals surface area (Å²) in [5, 5.41) is 2.14. The highest BCUT2D eigenvalue weighted by Gasteiger charge is 2.46. The number of likely N-dealkylation sites (tertiary alicyclic amines) is 2. The van der Waals surface area contributed by atoms with Crippen LogP contribution in [0.4, 0.5) is 0 Å². The van der Waals surface area contributed by atoms with Crippen LogP contribution in [0.1, 0.15) is 30.6 Å². The Morgan fingerprint density at radius 2 is 2.09 bits per heavy atom. The number of hydrogen-bond donors (Lipinski definition) is 0. The van der Waals surface area contributed by atoms with Crippen LogP contribution in [0.15, 0.2) is 17.5 Å². The molecule has 3 saturated heterocycles. The number of carbonyl (C=O) groups is 1. The summed E-state index contributed by atoms with van der Waals surface area (Å²) in [6, 6.07) is 5.21. The molecule has 1 aromatic heterocycles. The molecule has 4 nitrogen and oxygen atoms in total. The molecular formula is C17H24N2O2S. The molecule has 0 saturated carbocycles. The van der Waals surface area contributed by atoms with E-state index in [0.717, 1.165) is 58.5 Å². The van der Waals surface area contributed by atoms with Gasteiger partial charge in [-0.1, -0.05) is 6.07 Å². The Kier molecular flexibility index (Phi) is 4.20. The van der Waals surface area contributed by atoms with E-state index in [9.17, 15) is 4.79 Å². The molecule has 1 amide bonds. The van der Waals surface area contributed by atoms with E-state index in [2.05, 4.69) is 27.3 Å². The first-order valence-electron chi connectivity index (χ1n) is 8.45. The highest BCUT2D eigenvalue weighted by atomic mass is 32.1. The lowest BCUT2D eigenvalue weighted by Gasteiger charge is -2.31. The van der Waals surface area contributed by atoms with Gasteiger partial charge in [0.25, 0.3) is 0 Å². The summed E-state index contributed by atoms with van der Waals surface area (Å²) in [6.45, 7) is 4.83. The molecule has 0 aromatic carbocycles. The summed E-state index contributed by atoms with van der Waals surface area (Å²) in [5.74, 6) is 1.01. The lowest BCUT2D eigenvalue weighted by atomic mass is 9.99. The lowest BCUT2D eigenvalue weighted by molar-refractivity contribution is -0.130. The second-order valence-corrected chi connectivity index (χ2v) is 7.81. The minimum Gasteiger partial charge on any atom is -0.381 e. The van der Waals surface area contributed by atoms with Gasteiger partial charge in [0.2, 0.25) is 5.91 Å². The maximum atomic E-state index is 12.5. The third-order valence-electron chi connectivity index (χ3n) is 5.46. The maximum Gasteiger partial charge on any atom is 0.224 e. The predicted molar refractivity (Wildman–Crippen MR) is 86.8 cm³/mol. The van der Waals surface area contributed by atoms with Crippen molar-refractivity contribution in [3.05, 3.63) is 22.4 Å². The monoisotopic (exact) mass is 320 g/mol. The van der Waals surface area contributed by atoms with Crippen LogP contribution in [0.3, 0.4) is 0 Å². The van der Waals surface area contributed by atoms with E-state index in [1.165, 1.54) is 4.88 Å². The van der Waals surface area contributed by atoms with Crippen molar-refractivity contribution < 1.29 is 9.53 Å². The molecular weight excluding hydrogens is 296 g/mol. The van der Waals surface area contributed by atoms with E-state index < -0.39 is 0 Å². The number of rotatable bonds is 4. The summed E-state index contributed by atoms with van der Waals surface area (Å²) in [7, 11) is 0. The van der Waals surface area contributed by atoms with Crippen molar-refractivity contribution in [3.63, 3.8) is 0 Å². The number of ether oxygens (including phenoxy) is 1. The van der Waals surface area contributed by atoms with Crippen LogP contribution < -0.4 is 0 Å². The molecule has 1 aromatic rings. The number of hydrogen-bond acceptors (Lipinski definition) is 4. The van der Waals surface area contributed by atoms with Crippen LogP contribution in [-0.2, 0) is 16.1 Å². The molecule has 3 fully saturated rings. The maximum absolute atomic E-state index is 12.5. The number of nitrogens with zero attached hydrogens (tertiary/aromatic N) is 2. The first-order valence-corrected chi connectivity index (χ1v) is 9.33. The minimum atomic E-state index is 0.373. The van der Waals surface area contributed by atoms with Crippen LogP contribution in [0.25, 0.3) is 0 Å². The zero-order chi connectivity index (χ0) is 14.9. The fourth-order valence-corrected chi connectivity index (χ4v) is 4.98. The molecule has 0 N–H and O–H groups in total. The lowest BCUT2D eigenvalue weighted by Crippen LogP contribution is -2.40. The van der Waals surface area contributed by atoms with E-state index in [-0.39, 0.29) is 0 Å². The Morgan fingerprint density at radius 3 is 2.86 bits per heavy atom. The van der Waals surface area contributed by atoms with Gasteiger partial charge < -0.3 is 9.64 Å². The van der Waals surface area contributed by atoms with Crippen molar-refractivity contribution in [3.8, 4) is 0 Å². The van der Waals surface area contributed by atoms with Gasteiger partial charge in [-0.25, -0.2) is 0 Å².